The van der Waals surface area contributed by atoms with Crippen molar-refractivity contribution in [2.24, 2.45) is 10.7 Å². The summed E-state index contributed by atoms with van der Waals surface area (Å²) in [7, 11) is 2.94. The quantitative estimate of drug-likeness (QED) is 0.343. The summed E-state index contributed by atoms with van der Waals surface area (Å²) >= 11 is 7.34. The number of rotatable bonds is 3. The van der Waals surface area contributed by atoms with Crippen LogP contribution in [0, 0.1) is 0 Å². The van der Waals surface area contributed by atoms with E-state index in [4.69, 9.17) is 17.3 Å². The van der Waals surface area contributed by atoms with Crippen LogP contribution < -0.4 is 5.73 Å². The molecule has 1 rings (SSSR count). The van der Waals surface area contributed by atoms with E-state index in [-0.39, 0.29) is 4.75 Å². The molecule has 0 bridgehead atoms. The van der Waals surface area contributed by atoms with Gasteiger partial charge in [0.25, 0.3) is 0 Å². The topological polar surface area (TPSA) is 64.7 Å². The molecule has 0 aromatic rings. The van der Waals surface area contributed by atoms with E-state index >= 15 is 0 Å². The lowest BCUT2D eigenvalue weighted by Crippen LogP contribution is -2.31. The molecule has 0 aromatic carbocycles. The van der Waals surface area contributed by atoms with Crippen LogP contribution in [-0.4, -0.2) is 35.4 Å². The number of carbonyl (C=O) groups is 1. The van der Waals surface area contributed by atoms with Gasteiger partial charge in [0.15, 0.2) is 5.17 Å². The number of methoxy groups -OCH3 is 1. The highest BCUT2D eigenvalue weighted by Crippen LogP contribution is 2.53. The molecule has 0 saturated heterocycles. The second kappa shape index (κ2) is 4.40. The summed E-state index contributed by atoms with van der Waals surface area (Å²) in [6.07, 6.45) is 1.74. The Balaban J connectivity index is 2.62. The first-order valence-electron chi connectivity index (χ1n) is 4.19. The van der Waals surface area contributed by atoms with Gasteiger partial charge in [-0.15, -0.1) is 11.6 Å². The maximum absolute atomic E-state index is 11.2. The maximum atomic E-state index is 11.2. The molecule has 1 saturated carbocycles. The van der Waals surface area contributed by atoms with Crippen LogP contribution >= 0.6 is 23.4 Å². The normalized spacial score (nSPS) is 21.5. The fraction of sp³-hybridized carbons (Fsp3) is 0.750. The first kappa shape index (κ1) is 11.7. The number of esters is 1. The van der Waals surface area contributed by atoms with Gasteiger partial charge in [-0.25, -0.2) is 0 Å². The lowest BCUT2D eigenvalue weighted by atomic mass is 10.3. The highest BCUT2D eigenvalue weighted by molar-refractivity contribution is 8.15. The number of halogens is 1. The van der Waals surface area contributed by atoms with Gasteiger partial charge in [-0.1, -0.05) is 11.8 Å². The van der Waals surface area contributed by atoms with Crippen LogP contribution in [0.25, 0.3) is 0 Å². The Morgan fingerprint density at radius 2 is 2.29 bits per heavy atom. The van der Waals surface area contributed by atoms with E-state index in [0.717, 1.165) is 12.8 Å². The number of aliphatic imine (C=N–C) groups is 1. The molecule has 1 fully saturated rings. The number of hydrogen-bond donors (Lipinski definition) is 1. The van der Waals surface area contributed by atoms with E-state index in [1.807, 2.05) is 0 Å². The zero-order valence-electron chi connectivity index (χ0n) is 8.12. The number of nitrogens with zero attached hydrogens (tertiary/aromatic N) is 1. The molecule has 0 heterocycles. The molecule has 1 unspecified atom stereocenters. The molecule has 1 aliphatic rings. The molecule has 80 valence electrons. The van der Waals surface area contributed by atoms with Crippen molar-refractivity contribution in [3.8, 4) is 0 Å². The number of hydrogen-bond acceptors (Lipinski definition) is 4. The fourth-order valence-electron chi connectivity index (χ4n) is 1.10. The number of carbonyl (C=O) groups excluding carboxylic acids is 1. The molecule has 1 aliphatic carbocycles. The number of nitrogens with two attached hydrogens (primary N) is 1. The Kier molecular flexibility index (Phi) is 3.66. The Labute approximate surface area is 92.2 Å². The monoisotopic (exact) mass is 236 g/mol. The van der Waals surface area contributed by atoms with E-state index in [1.165, 1.54) is 18.9 Å². The second-order valence-corrected chi connectivity index (χ2v) is 4.99. The van der Waals surface area contributed by atoms with Gasteiger partial charge in [-0.05, 0) is 12.8 Å². The van der Waals surface area contributed by atoms with Crippen molar-refractivity contribution in [2.45, 2.75) is 23.0 Å². The summed E-state index contributed by atoms with van der Waals surface area (Å²) in [6.45, 7) is 0. The van der Waals surface area contributed by atoms with Crippen LogP contribution in [0.4, 0.5) is 0 Å². The Bertz CT molecular complexity index is 266. The molecule has 6 heteroatoms. The fourth-order valence-corrected chi connectivity index (χ4v) is 2.56. The third kappa shape index (κ3) is 2.33. The third-order valence-electron chi connectivity index (χ3n) is 2.14. The van der Waals surface area contributed by atoms with Crippen molar-refractivity contribution in [3.63, 3.8) is 0 Å². The van der Waals surface area contributed by atoms with E-state index in [0.29, 0.717) is 5.17 Å². The van der Waals surface area contributed by atoms with E-state index in [1.54, 1.807) is 7.05 Å². The molecule has 0 amide bonds. The third-order valence-corrected chi connectivity index (χ3v) is 4.31. The molecule has 0 aromatic heterocycles. The maximum Gasteiger partial charge on any atom is 0.325 e. The Morgan fingerprint density at radius 3 is 2.64 bits per heavy atom. The molecule has 1 atom stereocenters. The van der Waals surface area contributed by atoms with E-state index in [2.05, 4.69) is 9.73 Å². The lowest BCUT2D eigenvalue weighted by Gasteiger charge is -2.17. The highest BCUT2D eigenvalue weighted by atomic mass is 35.5. The molecule has 0 aliphatic heterocycles. The molecule has 0 radical (unpaired) electrons. The number of amidine groups is 1. The van der Waals surface area contributed by atoms with Gasteiger partial charge in [0.05, 0.1) is 11.9 Å². The summed E-state index contributed by atoms with van der Waals surface area (Å²) in [6, 6.07) is 0. The van der Waals surface area contributed by atoms with Gasteiger partial charge in [0.1, 0.15) is 5.38 Å². The smallest absolute Gasteiger partial charge is 0.325 e. The first-order valence-corrected chi connectivity index (χ1v) is 5.44. The van der Waals surface area contributed by atoms with Gasteiger partial charge < -0.3 is 10.5 Å². The molecule has 4 nitrogen and oxygen atoms in total. The molecule has 2 N–H and O–H groups in total. The van der Waals surface area contributed by atoms with E-state index in [9.17, 15) is 4.79 Å². The van der Waals surface area contributed by atoms with Crippen molar-refractivity contribution in [2.75, 3.05) is 14.2 Å². The molecular formula is C8H13ClN2O2S. The standard InChI is InChI=1S/C8H13ClN2O2S/c1-11-7(10)14-8(3-4-8)5(9)6(12)13-2/h5H,3-4H2,1-2H3,(H2,10,11). The number of ether oxygens (including phenoxy) is 1. The van der Waals surface area contributed by atoms with Crippen molar-refractivity contribution < 1.29 is 9.53 Å². The van der Waals surface area contributed by atoms with Gasteiger partial charge >= 0.3 is 5.97 Å². The lowest BCUT2D eigenvalue weighted by molar-refractivity contribution is -0.140. The predicted molar refractivity (Wildman–Crippen MR) is 58.8 cm³/mol. The van der Waals surface area contributed by atoms with Gasteiger partial charge in [0.2, 0.25) is 0 Å². The van der Waals surface area contributed by atoms with Crippen LogP contribution in [0.1, 0.15) is 12.8 Å². The van der Waals surface area contributed by atoms with Crippen LogP contribution in [0.3, 0.4) is 0 Å². The average molecular weight is 237 g/mol. The first-order chi connectivity index (χ1) is 6.55. The minimum atomic E-state index is -0.641. The zero-order valence-corrected chi connectivity index (χ0v) is 9.69. The highest BCUT2D eigenvalue weighted by Gasteiger charge is 2.54. The number of thioether (sulfide) groups is 1. The SMILES string of the molecule is CN=C(N)SC1(C(Cl)C(=O)OC)CC1. The van der Waals surface area contributed by atoms with Gasteiger partial charge in [0, 0.05) is 7.05 Å². The Morgan fingerprint density at radius 1 is 1.71 bits per heavy atom. The van der Waals surface area contributed by atoms with Crippen LogP contribution in [0.5, 0.6) is 0 Å². The van der Waals surface area contributed by atoms with Crippen LogP contribution in [0.15, 0.2) is 4.99 Å². The minimum Gasteiger partial charge on any atom is -0.468 e. The predicted octanol–water partition coefficient (Wildman–Crippen LogP) is 0.977. The summed E-state index contributed by atoms with van der Waals surface area (Å²) in [5.41, 5.74) is 5.58. The minimum absolute atomic E-state index is 0.293. The van der Waals surface area contributed by atoms with Gasteiger partial charge in [-0.3, -0.25) is 9.79 Å². The second-order valence-electron chi connectivity index (χ2n) is 3.11. The van der Waals surface area contributed by atoms with E-state index < -0.39 is 11.3 Å². The Hall–Kier alpha value is -0.420. The van der Waals surface area contributed by atoms with Gasteiger partial charge in [-0.2, -0.15) is 0 Å². The zero-order chi connectivity index (χ0) is 10.8. The average Bonchev–Trinajstić information content (AvgIpc) is 2.96. The number of alkyl halides is 1. The van der Waals surface area contributed by atoms with Crippen LogP contribution in [-0.2, 0) is 9.53 Å². The summed E-state index contributed by atoms with van der Waals surface area (Å²) in [5, 5.41) is -0.185. The summed E-state index contributed by atoms with van der Waals surface area (Å²) in [4.78, 5) is 15.0. The van der Waals surface area contributed by atoms with Crippen molar-refractivity contribution >= 4 is 34.5 Å². The molecular weight excluding hydrogens is 224 g/mol. The van der Waals surface area contributed by atoms with Crippen molar-refractivity contribution in [1.82, 2.24) is 0 Å². The summed E-state index contributed by atoms with van der Waals surface area (Å²) in [5.74, 6) is -0.402. The van der Waals surface area contributed by atoms with Crippen LogP contribution in [0.2, 0.25) is 0 Å². The molecule has 14 heavy (non-hydrogen) atoms. The molecule has 0 spiro atoms. The summed E-state index contributed by atoms with van der Waals surface area (Å²) < 4.78 is 4.30. The van der Waals surface area contributed by atoms with Crippen molar-refractivity contribution in [3.05, 3.63) is 0 Å². The largest absolute Gasteiger partial charge is 0.468 e. The van der Waals surface area contributed by atoms with Crippen molar-refractivity contribution in [1.29, 1.82) is 0 Å².